The summed E-state index contributed by atoms with van der Waals surface area (Å²) in [5.74, 6) is 0.563. The number of nitrogens with zero attached hydrogens (tertiary/aromatic N) is 2. The first-order valence-electron chi connectivity index (χ1n) is 7.32. The van der Waals surface area contributed by atoms with E-state index in [9.17, 15) is 4.79 Å². The van der Waals surface area contributed by atoms with E-state index in [1.54, 1.807) is 18.2 Å². The summed E-state index contributed by atoms with van der Waals surface area (Å²) in [6.45, 7) is 3.00. The molecule has 0 bridgehead atoms. The summed E-state index contributed by atoms with van der Waals surface area (Å²) < 4.78 is 4.92. The van der Waals surface area contributed by atoms with Crippen LogP contribution in [0.2, 0.25) is 5.02 Å². The van der Waals surface area contributed by atoms with Gasteiger partial charge in [-0.1, -0.05) is 29.2 Å². The van der Waals surface area contributed by atoms with Crippen molar-refractivity contribution >= 4 is 23.6 Å². The molecule has 0 unspecified atom stereocenters. The fourth-order valence-corrected chi connectivity index (χ4v) is 2.42. The van der Waals surface area contributed by atoms with Crippen LogP contribution in [0.5, 0.6) is 5.75 Å². The zero-order valence-corrected chi connectivity index (χ0v) is 13.1. The minimum atomic E-state index is -0.941. The number of ether oxygens (including phenoxy) is 1. The Bertz CT molecular complexity index is 531. The van der Waals surface area contributed by atoms with Crippen LogP contribution >= 0.6 is 11.6 Å². The van der Waals surface area contributed by atoms with Gasteiger partial charge in [-0.25, -0.2) is 4.79 Å². The van der Waals surface area contributed by atoms with E-state index in [4.69, 9.17) is 22.1 Å². The van der Waals surface area contributed by atoms with E-state index in [1.165, 1.54) is 25.3 Å². The average Bonchev–Trinajstić information content (AvgIpc) is 2.52. The number of halogens is 1. The van der Waals surface area contributed by atoms with Crippen molar-refractivity contribution in [3.8, 4) is 5.75 Å². The minimum absolute atomic E-state index is 0.272. The van der Waals surface area contributed by atoms with Crippen molar-refractivity contribution < 1.29 is 14.4 Å². The SMILES string of the molecule is NC(CCN1CCCCC1)=NOC(=O)Oc1cccc(Cl)c1. The van der Waals surface area contributed by atoms with Crippen LogP contribution in [-0.4, -0.2) is 36.5 Å². The van der Waals surface area contributed by atoms with Crippen LogP contribution < -0.4 is 10.5 Å². The van der Waals surface area contributed by atoms with Gasteiger partial charge in [-0.05, 0) is 44.1 Å². The molecule has 1 aliphatic heterocycles. The second-order valence-electron chi connectivity index (χ2n) is 5.14. The Labute approximate surface area is 134 Å². The predicted octanol–water partition coefficient (Wildman–Crippen LogP) is 3.00. The van der Waals surface area contributed by atoms with Gasteiger partial charge < -0.3 is 15.4 Å². The number of rotatable bonds is 5. The molecule has 1 saturated heterocycles. The minimum Gasteiger partial charge on any atom is -0.393 e. The lowest BCUT2D eigenvalue weighted by molar-refractivity contribution is 0.102. The summed E-state index contributed by atoms with van der Waals surface area (Å²) in [7, 11) is 0. The number of hydrogen-bond donors (Lipinski definition) is 1. The summed E-state index contributed by atoms with van der Waals surface area (Å²) in [5, 5.41) is 4.05. The molecule has 1 aromatic rings. The van der Waals surface area contributed by atoms with Crippen molar-refractivity contribution in [2.24, 2.45) is 10.9 Å². The number of carbonyl (C=O) groups is 1. The second-order valence-corrected chi connectivity index (χ2v) is 5.57. The summed E-state index contributed by atoms with van der Waals surface area (Å²) in [6, 6.07) is 6.44. The maximum Gasteiger partial charge on any atom is 0.540 e. The summed E-state index contributed by atoms with van der Waals surface area (Å²) in [4.78, 5) is 18.4. The molecule has 0 amide bonds. The third-order valence-electron chi connectivity index (χ3n) is 3.37. The molecule has 0 radical (unpaired) electrons. The van der Waals surface area contributed by atoms with Gasteiger partial charge in [-0.15, -0.1) is 0 Å². The largest absolute Gasteiger partial charge is 0.540 e. The highest BCUT2D eigenvalue weighted by Crippen LogP contribution is 2.17. The second kappa shape index (κ2) is 8.60. The molecule has 0 aliphatic carbocycles. The first-order chi connectivity index (χ1) is 10.6. The smallest absolute Gasteiger partial charge is 0.393 e. The molecule has 1 fully saturated rings. The van der Waals surface area contributed by atoms with Gasteiger partial charge in [-0.2, -0.15) is 0 Å². The molecular weight excluding hydrogens is 306 g/mol. The predicted molar refractivity (Wildman–Crippen MR) is 85.1 cm³/mol. The van der Waals surface area contributed by atoms with E-state index in [0.29, 0.717) is 17.2 Å². The van der Waals surface area contributed by atoms with Crippen molar-refractivity contribution in [2.45, 2.75) is 25.7 Å². The number of likely N-dealkylation sites (tertiary alicyclic amines) is 1. The van der Waals surface area contributed by atoms with Crippen LogP contribution in [0.1, 0.15) is 25.7 Å². The molecule has 2 N–H and O–H groups in total. The Kier molecular flexibility index (Phi) is 6.48. The molecule has 1 aliphatic rings. The van der Waals surface area contributed by atoms with E-state index < -0.39 is 6.16 Å². The molecule has 0 aromatic heterocycles. The Balaban J connectivity index is 1.71. The van der Waals surface area contributed by atoms with E-state index in [1.807, 2.05) is 0 Å². The zero-order valence-electron chi connectivity index (χ0n) is 12.3. The fraction of sp³-hybridized carbons (Fsp3) is 0.467. The van der Waals surface area contributed by atoms with Crippen LogP contribution in [0, 0.1) is 0 Å². The lowest BCUT2D eigenvalue weighted by Crippen LogP contribution is -2.33. The first-order valence-corrected chi connectivity index (χ1v) is 7.70. The normalized spacial score (nSPS) is 16.3. The standard InChI is InChI=1S/C15H20ClN3O3/c16-12-5-4-6-13(11-12)21-15(20)22-18-14(17)7-10-19-8-2-1-3-9-19/h4-6,11H,1-3,7-10H2,(H2,17,18). The molecule has 0 saturated carbocycles. The average molecular weight is 326 g/mol. The van der Waals surface area contributed by atoms with Gasteiger partial charge in [0.05, 0.1) is 0 Å². The van der Waals surface area contributed by atoms with Crippen LogP contribution in [-0.2, 0) is 4.84 Å². The number of oxime groups is 1. The van der Waals surface area contributed by atoms with Crippen molar-refractivity contribution in [3.05, 3.63) is 29.3 Å². The van der Waals surface area contributed by atoms with Crippen molar-refractivity contribution in [1.29, 1.82) is 0 Å². The molecule has 7 heteroatoms. The maximum atomic E-state index is 11.5. The molecular formula is C15H20ClN3O3. The Hall–Kier alpha value is -1.79. The summed E-state index contributed by atoms with van der Waals surface area (Å²) in [6.07, 6.45) is 3.35. The highest BCUT2D eigenvalue weighted by Gasteiger charge is 2.11. The number of hydrogen-bond acceptors (Lipinski definition) is 5. The monoisotopic (exact) mass is 325 g/mol. The molecule has 2 rings (SSSR count). The van der Waals surface area contributed by atoms with E-state index in [2.05, 4.69) is 14.9 Å². The quantitative estimate of drug-likeness (QED) is 0.225. The van der Waals surface area contributed by atoms with E-state index in [-0.39, 0.29) is 5.84 Å². The number of amidine groups is 1. The Morgan fingerprint density at radius 3 is 2.82 bits per heavy atom. The van der Waals surface area contributed by atoms with Gasteiger partial charge in [0, 0.05) is 18.0 Å². The molecule has 0 spiro atoms. The first kappa shape index (κ1) is 16.6. The van der Waals surface area contributed by atoms with Crippen LogP contribution in [0.15, 0.2) is 29.4 Å². The lowest BCUT2D eigenvalue weighted by atomic mass is 10.1. The summed E-state index contributed by atoms with van der Waals surface area (Å²) in [5.41, 5.74) is 5.73. The molecule has 1 heterocycles. The number of benzene rings is 1. The fourth-order valence-electron chi connectivity index (χ4n) is 2.24. The highest BCUT2D eigenvalue weighted by atomic mass is 35.5. The third kappa shape index (κ3) is 5.91. The van der Waals surface area contributed by atoms with Crippen LogP contribution in [0.3, 0.4) is 0 Å². The topological polar surface area (TPSA) is 77.1 Å². The maximum absolute atomic E-state index is 11.5. The molecule has 120 valence electrons. The van der Waals surface area contributed by atoms with Gasteiger partial charge in [-0.3, -0.25) is 4.84 Å². The number of nitrogens with two attached hydrogens (primary N) is 1. The van der Waals surface area contributed by atoms with Crippen molar-refractivity contribution in [1.82, 2.24) is 4.90 Å². The number of carbonyl (C=O) groups excluding carboxylic acids is 1. The highest BCUT2D eigenvalue weighted by molar-refractivity contribution is 6.30. The third-order valence-corrected chi connectivity index (χ3v) is 3.60. The Morgan fingerprint density at radius 1 is 1.32 bits per heavy atom. The lowest BCUT2D eigenvalue weighted by Gasteiger charge is -2.25. The molecule has 1 aromatic carbocycles. The van der Waals surface area contributed by atoms with Gasteiger partial charge in [0.1, 0.15) is 11.6 Å². The zero-order chi connectivity index (χ0) is 15.8. The van der Waals surface area contributed by atoms with Gasteiger partial charge in [0.15, 0.2) is 0 Å². The van der Waals surface area contributed by atoms with E-state index in [0.717, 1.165) is 19.6 Å². The van der Waals surface area contributed by atoms with Crippen LogP contribution in [0.25, 0.3) is 0 Å². The van der Waals surface area contributed by atoms with E-state index >= 15 is 0 Å². The Morgan fingerprint density at radius 2 is 2.09 bits per heavy atom. The van der Waals surface area contributed by atoms with Crippen LogP contribution in [0.4, 0.5) is 4.79 Å². The molecule has 6 nitrogen and oxygen atoms in total. The van der Waals surface area contributed by atoms with Crippen molar-refractivity contribution in [3.63, 3.8) is 0 Å². The number of piperidine rings is 1. The molecule has 0 atom stereocenters. The summed E-state index contributed by atoms with van der Waals surface area (Å²) >= 11 is 5.79. The van der Waals surface area contributed by atoms with Crippen molar-refractivity contribution in [2.75, 3.05) is 19.6 Å². The van der Waals surface area contributed by atoms with Gasteiger partial charge >= 0.3 is 6.16 Å². The van der Waals surface area contributed by atoms with Gasteiger partial charge in [0.25, 0.3) is 0 Å². The molecule has 22 heavy (non-hydrogen) atoms. The van der Waals surface area contributed by atoms with Gasteiger partial charge in [0.2, 0.25) is 0 Å².